The second kappa shape index (κ2) is 6.25. The highest BCUT2D eigenvalue weighted by Crippen LogP contribution is 2.41. The summed E-state index contributed by atoms with van der Waals surface area (Å²) in [5, 5.41) is 9.59. The molecule has 3 unspecified atom stereocenters. The summed E-state index contributed by atoms with van der Waals surface area (Å²) in [6.45, 7) is 3.93. The number of carboxylic acid groups (broad SMARTS) is 1. The summed E-state index contributed by atoms with van der Waals surface area (Å²) in [6, 6.07) is 0.128. The minimum Gasteiger partial charge on any atom is -0.480 e. The molecule has 120 valence electrons. The summed E-state index contributed by atoms with van der Waals surface area (Å²) in [7, 11) is 0. The normalized spacial score (nSPS) is 37.5. The van der Waals surface area contributed by atoms with Crippen LogP contribution in [-0.4, -0.2) is 46.8 Å². The van der Waals surface area contributed by atoms with Crippen molar-refractivity contribution in [1.82, 2.24) is 4.90 Å². The average molecular weight is 295 g/mol. The van der Waals surface area contributed by atoms with Gasteiger partial charge < -0.3 is 9.84 Å². The molecule has 1 aliphatic carbocycles. The molecule has 4 heteroatoms. The number of rotatable bonds is 2. The standard InChI is InChI=1S/C17H29NO3/c1-13-5-9-18(15(11-13)16(19)20)14-6-10-21-17(12-14)7-3-2-4-8-17/h13-15H,2-12H2,1H3,(H,19,20). The highest BCUT2D eigenvalue weighted by atomic mass is 16.5. The third-order valence-corrected chi connectivity index (χ3v) is 5.89. The van der Waals surface area contributed by atoms with Crippen LogP contribution in [0.25, 0.3) is 0 Å². The van der Waals surface area contributed by atoms with Crippen molar-refractivity contribution in [2.24, 2.45) is 5.92 Å². The summed E-state index contributed by atoms with van der Waals surface area (Å²) in [6.07, 6.45) is 10.2. The van der Waals surface area contributed by atoms with E-state index in [1.807, 2.05) is 0 Å². The van der Waals surface area contributed by atoms with Gasteiger partial charge in [-0.3, -0.25) is 9.69 Å². The van der Waals surface area contributed by atoms with Gasteiger partial charge in [0, 0.05) is 12.6 Å². The molecule has 3 fully saturated rings. The highest BCUT2D eigenvalue weighted by molar-refractivity contribution is 5.73. The first-order chi connectivity index (χ1) is 10.1. The Morgan fingerprint density at radius 2 is 2.00 bits per heavy atom. The topological polar surface area (TPSA) is 49.8 Å². The van der Waals surface area contributed by atoms with Crippen LogP contribution in [0, 0.1) is 5.92 Å². The van der Waals surface area contributed by atoms with E-state index in [2.05, 4.69) is 11.8 Å². The number of likely N-dealkylation sites (tertiary alicyclic amines) is 1. The largest absolute Gasteiger partial charge is 0.480 e. The molecule has 2 saturated heterocycles. The highest BCUT2D eigenvalue weighted by Gasteiger charge is 2.43. The molecule has 1 spiro atoms. The molecule has 2 aliphatic heterocycles. The Morgan fingerprint density at radius 1 is 1.24 bits per heavy atom. The van der Waals surface area contributed by atoms with Crippen LogP contribution in [0.1, 0.15) is 64.7 Å². The lowest BCUT2D eigenvalue weighted by Gasteiger charge is -2.49. The monoisotopic (exact) mass is 295 g/mol. The molecule has 3 atom stereocenters. The van der Waals surface area contributed by atoms with E-state index >= 15 is 0 Å². The van der Waals surface area contributed by atoms with Crippen molar-refractivity contribution in [3.8, 4) is 0 Å². The number of piperidine rings is 1. The van der Waals surface area contributed by atoms with Gasteiger partial charge in [0.2, 0.25) is 0 Å². The average Bonchev–Trinajstić information content (AvgIpc) is 2.48. The van der Waals surface area contributed by atoms with E-state index in [-0.39, 0.29) is 11.6 Å². The van der Waals surface area contributed by atoms with Crippen LogP contribution in [0.4, 0.5) is 0 Å². The Labute approximate surface area is 127 Å². The van der Waals surface area contributed by atoms with Gasteiger partial charge in [-0.1, -0.05) is 26.2 Å². The molecule has 3 rings (SSSR count). The summed E-state index contributed by atoms with van der Waals surface area (Å²) in [4.78, 5) is 13.9. The molecule has 0 bridgehead atoms. The van der Waals surface area contributed by atoms with Crippen LogP contribution in [0.2, 0.25) is 0 Å². The molecule has 1 N–H and O–H groups in total. The second-order valence-electron chi connectivity index (χ2n) is 7.46. The maximum atomic E-state index is 11.6. The van der Waals surface area contributed by atoms with Crippen LogP contribution in [0.15, 0.2) is 0 Å². The quantitative estimate of drug-likeness (QED) is 0.850. The van der Waals surface area contributed by atoms with E-state index in [9.17, 15) is 9.90 Å². The van der Waals surface area contributed by atoms with Crippen molar-refractivity contribution >= 4 is 5.97 Å². The van der Waals surface area contributed by atoms with Crippen LogP contribution in [0.5, 0.6) is 0 Å². The fourth-order valence-electron chi connectivity index (χ4n) is 4.67. The van der Waals surface area contributed by atoms with Gasteiger partial charge in [-0.05, 0) is 51.0 Å². The predicted molar refractivity (Wildman–Crippen MR) is 81.3 cm³/mol. The van der Waals surface area contributed by atoms with Gasteiger partial charge in [-0.15, -0.1) is 0 Å². The van der Waals surface area contributed by atoms with Gasteiger partial charge in [-0.2, -0.15) is 0 Å². The zero-order chi connectivity index (χ0) is 14.9. The molecule has 0 amide bonds. The first kappa shape index (κ1) is 15.3. The molecule has 1 saturated carbocycles. The minimum atomic E-state index is -0.634. The van der Waals surface area contributed by atoms with Gasteiger partial charge in [-0.25, -0.2) is 0 Å². The lowest BCUT2D eigenvalue weighted by molar-refractivity contribution is -0.156. The fraction of sp³-hybridized carbons (Fsp3) is 0.941. The maximum Gasteiger partial charge on any atom is 0.320 e. The van der Waals surface area contributed by atoms with Crippen molar-refractivity contribution in [1.29, 1.82) is 0 Å². The lowest BCUT2D eigenvalue weighted by Crippen LogP contribution is -2.56. The van der Waals surface area contributed by atoms with Gasteiger partial charge in [0.25, 0.3) is 0 Å². The number of hydrogen-bond acceptors (Lipinski definition) is 3. The van der Waals surface area contributed by atoms with Crippen LogP contribution in [-0.2, 0) is 9.53 Å². The van der Waals surface area contributed by atoms with E-state index in [1.165, 1.54) is 32.1 Å². The van der Waals surface area contributed by atoms with Gasteiger partial charge in [0.15, 0.2) is 0 Å². The Kier molecular flexibility index (Phi) is 4.55. The van der Waals surface area contributed by atoms with Gasteiger partial charge in [0.05, 0.1) is 5.60 Å². The van der Waals surface area contributed by atoms with Crippen molar-refractivity contribution < 1.29 is 14.6 Å². The zero-order valence-electron chi connectivity index (χ0n) is 13.2. The van der Waals surface area contributed by atoms with Gasteiger partial charge in [0.1, 0.15) is 6.04 Å². The van der Waals surface area contributed by atoms with Crippen LogP contribution >= 0.6 is 0 Å². The summed E-state index contributed by atoms with van der Waals surface area (Å²) in [5.41, 5.74) is 0.0628. The molecule has 4 nitrogen and oxygen atoms in total. The Balaban J connectivity index is 1.70. The van der Waals surface area contributed by atoms with E-state index in [4.69, 9.17) is 4.74 Å². The smallest absolute Gasteiger partial charge is 0.320 e. The Bertz CT molecular complexity index is 373. The molecule has 0 aromatic heterocycles. The van der Waals surface area contributed by atoms with Gasteiger partial charge >= 0.3 is 5.97 Å². The van der Waals surface area contributed by atoms with E-state index in [1.54, 1.807) is 0 Å². The number of nitrogens with zero attached hydrogens (tertiary/aromatic N) is 1. The van der Waals surface area contributed by atoms with Crippen molar-refractivity contribution in [3.63, 3.8) is 0 Å². The summed E-state index contributed by atoms with van der Waals surface area (Å²) < 4.78 is 6.17. The molecule has 2 heterocycles. The first-order valence-electron chi connectivity index (χ1n) is 8.72. The number of carbonyl (C=O) groups is 1. The second-order valence-corrected chi connectivity index (χ2v) is 7.46. The molecular formula is C17H29NO3. The van der Waals surface area contributed by atoms with Crippen molar-refractivity contribution in [2.45, 2.75) is 82.4 Å². The number of carboxylic acids is 1. The SMILES string of the molecule is CC1CCN(C2CCOC3(CCCCC3)C2)C(C(=O)O)C1. The zero-order valence-corrected chi connectivity index (χ0v) is 13.2. The number of aliphatic carboxylic acids is 1. The molecule has 0 radical (unpaired) electrons. The van der Waals surface area contributed by atoms with E-state index < -0.39 is 5.97 Å². The fourth-order valence-corrected chi connectivity index (χ4v) is 4.67. The number of ether oxygens (including phenoxy) is 1. The Morgan fingerprint density at radius 3 is 2.71 bits per heavy atom. The Hall–Kier alpha value is -0.610. The third kappa shape index (κ3) is 3.26. The first-order valence-corrected chi connectivity index (χ1v) is 8.72. The van der Waals surface area contributed by atoms with Crippen LogP contribution in [0.3, 0.4) is 0 Å². The van der Waals surface area contributed by atoms with E-state index in [0.717, 1.165) is 38.8 Å². The lowest BCUT2D eigenvalue weighted by atomic mass is 9.77. The number of hydrogen-bond donors (Lipinski definition) is 1. The molecule has 0 aromatic carbocycles. The van der Waals surface area contributed by atoms with Crippen LogP contribution < -0.4 is 0 Å². The summed E-state index contributed by atoms with van der Waals surface area (Å²) in [5.74, 6) is -0.100. The predicted octanol–water partition coefficient (Wildman–Crippen LogP) is 3.05. The molecule has 0 aromatic rings. The third-order valence-electron chi connectivity index (χ3n) is 5.89. The van der Waals surface area contributed by atoms with Crippen molar-refractivity contribution in [3.05, 3.63) is 0 Å². The van der Waals surface area contributed by atoms with Crippen molar-refractivity contribution in [2.75, 3.05) is 13.2 Å². The minimum absolute atomic E-state index is 0.0628. The maximum absolute atomic E-state index is 11.6. The summed E-state index contributed by atoms with van der Waals surface area (Å²) >= 11 is 0. The molecule has 3 aliphatic rings. The molecule has 21 heavy (non-hydrogen) atoms. The molecular weight excluding hydrogens is 266 g/mol. The van der Waals surface area contributed by atoms with E-state index in [0.29, 0.717) is 12.0 Å².